The Morgan fingerprint density at radius 3 is 1.50 bits per heavy atom. The molecule has 36 heavy (non-hydrogen) atoms. The molecule has 210 valence electrons. The molecule has 0 aliphatic rings. The largest absolute Gasteiger partial charge is 0.472 e. The van der Waals surface area contributed by atoms with Crippen molar-refractivity contribution >= 4 is 30.4 Å². The first-order valence-electron chi connectivity index (χ1n) is 14.3. The highest BCUT2D eigenvalue weighted by atomic mass is 127. The van der Waals surface area contributed by atoms with Gasteiger partial charge < -0.3 is 9.38 Å². The Bertz CT molecular complexity index is 694. The topological polar surface area (TPSA) is 55.8 Å². The Morgan fingerprint density at radius 2 is 1.06 bits per heavy atom. The van der Waals surface area contributed by atoms with Crippen molar-refractivity contribution in [3.05, 3.63) is 33.4 Å². The second-order valence-electron chi connectivity index (χ2n) is 11.2. The predicted molar refractivity (Wildman–Crippen MR) is 161 cm³/mol. The summed E-state index contributed by atoms with van der Waals surface area (Å²) in [6.45, 7) is 1.20. The lowest BCUT2D eigenvalue weighted by atomic mass is 10.0. The lowest BCUT2D eigenvalue weighted by Gasteiger charge is -2.24. The smallest absolute Gasteiger partial charge is 0.329 e. The van der Waals surface area contributed by atoms with E-state index in [2.05, 4.69) is 46.9 Å². The van der Waals surface area contributed by atoms with Gasteiger partial charge in [0.25, 0.3) is 0 Å². The molecule has 0 radical (unpaired) electrons. The molecule has 1 unspecified atom stereocenters. The number of hydrogen-bond acceptors (Lipinski definition) is 3. The van der Waals surface area contributed by atoms with Crippen LogP contribution in [0.2, 0.25) is 0 Å². The number of nitrogens with zero attached hydrogens (tertiary/aromatic N) is 1. The van der Waals surface area contributed by atoms with Gasteiger partial charge in [-0.1, -0.05) is 102 Å². The highest BCUT2D eigenvalue weighted by Gasteiger charge is 2.21. The third kappa shape index (κ3) is 22.0. The highest BCUT2D eigenvalue weighted by Crippen LogP contribution is 2.43. The average molecular weight is 639 g/mol. The Balaban J connectivity index is 1.76. The molecule has 1 N–H and O–H groups in total. The van der Waals surface area contributed by atoms with Gasteiger partial charge >= 0.3 is 7.82 Å². The minimum absolute atomic E-state index is 0.229. The van der Waals surface area contributed by atoms with Crippen LogP contribution in [0, 0.1) is 3.57 Å². The molecule has 0 saturated heterocycles. The summed E-state index contributed by atoms with van der Waals surface area (Å²) >= 11 is 2.37. The molecule has 0 aromatic heterocycles. The Morgan fingerprint density at radius 1 is 0.667 bits per heavy atom. The molecule has 0 heterocycles. The van der Waals surface area contributed by atoms with E-state index in [1.54, 1.807) is 0 Å². The first-order valence-corrected chi connectivity index (χ1v) is 16.9. The number of quaternary nitrogens is 1. The van der Waals surface area contributed by atoms with Crippen LogP contribution in [0.4, 0.5) is 0 Å². The van der Waals surface area contributed by atoms with Crippen LogP contribution in [-0.4, -0.2) is 50.3 Å². The molecule has 0 aliphatic heterocycles. The molecule has 7 heteroatoms. The van der Waals surface area contributed by atoms with E-state index in [0.29, 0.717) is 17.6 Å². The quantitative estimate of drug-likeness (QED) is 0.0532. The zero-order valence-corrected chi connectivity index (χ0v) is 26.4. The highest BCUT2D eigenvalue weighted by molar-refractivity contribution is 14.1. The van der Waals surface area contributed by atoms with E-state index >= 15 is 0 Å². The summed E-state index contributed by atoms with van der Waals surface area (Å²) in [7, 11) is 2.16. The molecule has 1 aromatic rings. The standard InChI is InChI=1S/C29H53INO4P/c1-31(2,3)25-27-35-36(32,33)34-26-19-17-15-13-11-9-7-5-4-6-8-10-12-14-16-18-20-28-21-23-29(30)24-22-28/h21-24H,4-20,25-27H2,1-3H3/p+1. The molecule has 1 atom stereocenters. The van der Waals surface area contributed by atoms with E-state index in [0.717, 1.165) is 12.8 Å². The Hall–Kier alpha value is 0.0200. The molecule has 0 saturated carbocycles. The first kappa shape index (κ1) is 34.0. The van der Waals surface area contributed by atoms with E-state index in [1.165, 1.54) is 105 Å². The third-order valence-electron chi connectivity index (χ3n) is 6.54. The van der Waals surface area contributed by atoms with Gasteiger partial charge in [0.1, 0.15) is 13.2 Å². The van der Waals surface area contributed by atoms with Gasteiger partial charge in [-0.15, -0.1) is 0 Å². The van der Waals surface area contributed by atoms with Crippen LogP contribution in [0.5, 0.6) is 0 Å². The fraction of sp³-hybridized carbons (Fsp3) is 0.793. The zero-order chi connectivity index (χ0) is 26.5. The van der Waals surface area contributed by atoms with Gasteiger partial charge in [0.15, 0.2) is 0 Å². The van der Waals surface area contributed by atoms with E-state index < -0.39 is 7.82 Å². The molecule has 0 bridgehead atoms. The molecule has 0 spiro atoms. The van der Waals surface area contributed by atoms with Crippen LogP contribution in [0.1, 0.15) is 108 Å². The van der Waals surface area contributed by atoms with E-state index in [-0.39, 0.29) is 6.61 Å². The summed E-state index contributed by atoms with van der Waals surface area (Å²) < 4.78 is 23.9. The number of phosphoric acid groups is 1. The van der Waals surface area contributed by atoms with Gasteiger partial charge in [-0.05, 0) is 59.5 Å². The Kier molecular flexibility index (Phi) is 19.8. The van der Waals surface area contributed by atoms with Crippen molar-refractivity contribution in [1.29, 1.82) is 0 Å². The lowest BCUT2D eigenvalue weighted by Crippen LogP contribution is -2.37. The predicted octanol–water partition coefficient (Wildman–Crippen LogP) is 8.92. The molecule has 0 aliphatic carbocycles. The number of benzene rings is 1. The number of hydrogen-bond donors (Lipinski definition) is 1. The molecular weight excluding hydrogens is 584 g/mol. The number of halogens is 1. The summed E-state index contributed by atoms with van der Waals surface area (Å²) in [5, 5.41) is 0. The van der Waals surface area contributed by atoms with Crippen LogP contribution in [0.25, 0.3) is 0 Å². The lowest BCUT2D eigenvalue weighted by molar-refractivity contribution is -0.870. The number of phosphoric ester groups is 1. The van der Waals surface area contributed by atoms with Crippen molar-refractivity contribution in [1.82, 2.24) is 0 Å². The monoisotopic (exact) mass is 638 g/mol. The van der Waals surface area contributed by atoms with Crippen molar-refractivity contribution < 1.29 is 23.0 Å². The number of likely N-dealkylation sites (N-methyl/N-ethyl adjacent to an activating group) is 1. The average Bonchev–Trinajstić information content (AvgIpc) is 2.80. The van der Waals surface area contributed by atoms with Crippen molar-refractivity contribution in [2.24, 2.45) is 0 Å². The third-order valence-corrected chi connectivity index (χ3v) is 8.28. The van der Waals surface area contributed by atoms with Crippen LogP contribution in [0.15, 0.2) is 24.3 Å². The summed E-state index contributed by atoms with van der Waals surface area (Å²) in [4.78, 5) is 9.69. The minimum atomic E-state index is -3.89. The van der Waals surface area contributed by atoms with Gasteiger partial charge in [-0.3, -0.25) is 9.05 Å². The molecular formula is C29H54INO4P+. The van der Waals surface area contributed by atoms with Gasteiger partial charge in [0.05, 0.1) is 27.7 Å². The van der Waals surface area contributed by atoms with Crippen molar-refractivity contribution in [3.8, 4) is 0 Å². The maximum Gasteiger partial charge on any atom is 0.472 e. The van der Waals surface area contributed by atoms with E-state index in [4.69, 9.17) is 9.05 Å². The molecule has 0 fully saturated rings. The van der Waals surface area contributed by atoms with Crippen molar-refractivity contribution in [2.75, 3.05) is 40.9 Å². The SMILES string of the molecule is C[N+](C)(C)CCOP(=O)(O)OCCCCCCCCCCCCCCCCCCc1ccc(I)cc1. The molecule has 5 nitrogen and oxygen atoms in total. The fourth-order valence-corrected chi connectivity index (χ4v) is 5.31. The van der Waals surface area contributed by atoms with Crippen LogP contribution >= 0.6 is 30.4 Å². The minimum Gasteiger partial charge on any atom is -0.329 e. The summed E-state index contributed by atoms with van der Waals surface area (Å²) in [6.07, 6.45) is 22.0. The first-order chi connectivity index (χ1) is 17.2. The van der Waals surface area contributed by atoms with Crippen LogP contribution in [-0.2, 0) is 20.0 Å². The summed E-state index contributed by atoms with van der Waals surface area (Å²) in [5.41, 5.74) is 1.48. The number of unbranched alkanes of at least 4 members (excludes halogenated alkanes) is 15. The fourth-order valence-electron chi connectivity index (χ4n) is 4.20. The molecule has 1 aromatic carbocycles. The molecule has 0 amide bonds. The van der Waals surface area contributed by atoms with Gasteiger partial charge in [0, 0.05) is 3.57 Å². The van der Waals surface area contributed by atoms with Crippen molar-refractivity contribution in [2.45, 2.75) is 109 Å². The second kappa shape index (κ2) is 20.9. The molecule has 1 rings (SSSR count). The zero-order valence-electron chi connectivity index (χ0n) is 23.4. The van der Waals surface area contributed by atoms with Gasteiger partial charge in [0.2, 0.25) is 0 Å². The van der Waals surface area contributed by atoms with E-state index in [9.17, 15) is 9.46 Å². The number of aryl methyl sites for hydroxylation is 1. The van der Waals surface area contributed by atoms with Gasteiger partial charge in [-0.25, -0.2) is 4.57 Å². The number of rotatable bonds is 24. The van der Waals surface area contributed by atoms with E-state index in [1.807, 2.05) is 21.1 Å². The Labute approximate surface area is 236 Å². The van der Waals surface area contributed by atoms with Crippen LogP contribution in [0.3, 0.4) is 0 Å². The van der Waals surface area contributed by atoms with Gasteiger partial charge in [-0.2, -0.15) is 0 Å². The summed E-state index contributed by atoms with van der Waals surface area (Å²) in [5.74, 6) is 0. The van der Waals surface area contributed by atoms with Crippen LogP contribution < -0.4 is 0 Å². The second-order valence-corrected chi connectivity index (χ2v) is 13.9. The van der Waals surface area contributed by atoms with Crippen molar-refractivity contribution in [3.63, 3.8) is 0 Å². The maximum absolute atomic E-state index is 11.8. The maximum atomic E-state index is 11.8. The summed E-state index contributed by atoms with van der Waals surface area (Å²) in [6, 6.07) is 8.95. The normalized spacial score (nSPS) is 13.7.